The molecule has 1 aromatic rings. The summed E-state index contributed by atoms with van der Waals surface area (Å²) in [5.41, 5.74) is 6.17. The van der Waals surface area contributed by atoms with E-state index < -0.39 is 30.8 Å². The van der Waals surface area contributed by atoms with Crippen LogP contribution in [-0.4, -0.2) is 31.6 Å². The molecule has 8 heteroatoms. The standard InChI is InChI=1S/C12H13BrF5NO/c13-10-2-1-8(14)3-7(10)4-9(19)5-20-6-12(17,18)11(15)16/h1-3,9,11H,4-6,19H2. The largest absolute Gasteiger partial charge is 0.373 e. The van der Waals surface area contributed by atoms with Gasteiger partial charge in [0.25, 0.3) is 0 Å². The topological polar surface area (TPSA) is 35.2 Å². The molecule has 2 N–H and O–H groups in total. The van der Waals surface area contributed by atoms with Crippen LogP contribution in [0.1, 0.15) is 5.56 Å². The van der Waals surface area contributed by atoms with Crippen molar-refractivity contribution in [3.63, 3.8) is 0 Å². The zero-order valence-electron chi connectivity index (χ0n) is 10.3. The fourth-order valence-corrected chi connectivity index (χ4v) is 1.86. The van der Waals surface area contributed by atoms with Crippen molar-refractivity contribution in [2.24, 2.45) is 5.73 Å². The molecule has 0 spiro atoms. The van der Waals surface area contributed by atoms with Gasteiger partial charge in [-0.25, -0.2) is 13.2 Å². The maximum atomic E-state index is 13.0. The van der Waals surface area contributed by atoms with Gasteiger partial charge >= 0.3 is 12.3 Å². The number of benzene rings is 1. The molecule has 0 heterocycles. The van der Waals surface area contributed by atoms with Gasteiger partial charge < -0.3 is 10.5 Å². The normalized spacial score (nSPS) is 13.8. The van der Waals surface area contributed by atoms with Gasteiger partial charge in [-0.3, -0.25) is 0 Å². The zero-order chi connectivity index (χ0) is 15.3. The Morgan fingerprint density at radius 1 is 1.30 bits per heavy atom. The van der Waals surface area contributed by atoms with Crippen molar-refractivity contribution in [3.8, 4) is 0 Å². The van der Waals surface area contributed by atoms with Crippen LogP contribution in [0.3, 0.4) is 0 Å². The lowest BCUT2D eigenvalue weighted by Crippen LogP contribution is -2.36. The van der Waals surface area contributed by atoms with E-state index >= 15 is 0 Å². The van der Waals surface area contributed by atoms with Crippen molar-refractivity contribution < 1.29 is 26.7 Å². The van der Waals surface area contributed by atoms with Crippen LogP contribution in [0.2, 0.25) is 0 Å². The Morgan fingerprint density at radius 2 is 1.95 bits per heavy atom. The third-order valence-corrected chi connectivity index (χ3v) is 3.21. The minimum Gasteiger partial charge on any atom is -0.373 e. The summed E-state index contributed by atoms with van der Waals surface area (Å²) in [5, 5.41) is 0. The first-order valence-electron chi connectivity index (χ1n) is 5.65. The van der Waals surface area contributed by atoms with Crippen molar-refractivity contribution in [3.05, 3.63) is 34.1 Å². The maximum absolute atomic E-state index is 13.0. The van der Waals surface area contributed by atoms with Gasteiger partial charge in [-0.15, -0.1) is 0 Å². The molecule has 0 aliphatic heterocycles. The highest BCUT2D eigenvalue weighted by Crippen LogP contribution is 2.23. The average Bonchev–Trinajstić information content (AvgIpc) is 2.33. The molecule has 114 valence electrons. The van der Waals surface area contributed by atoms with Crippen molar-refractivity contribution in [1.82, 2.24) is 0 Å². The predicted octanol–water partition coefficient (Wildman–Crippen LogP) is 3.38. The van der Waals surface area contributed by atoms with Gasteiger partial charge in [0, 0.05) is 10.5 Å². The smallest absolute Gasteiger partial charge is 0.330 e. The highest BCUT2D eigenvalue weighted by Gasteiger charge is 2.41. The number of halogens is 6. The minimum absolute atomic E-state index is 0.165. The molecule has 0 radical (unpaired) electrons. The first-order chi connectivity index (χ1) is 9.22. The van der Waals surface area contributed by atoms with Gasteiger partial charge in [0.1, 0.15) is 12.4 Å². The second-order valence-corrected chi connectivity index (χ2v) is 5.13. The Hall–Kier alpha value is -0.730. The Labute approximate surface area is 121 Å². The number of ether oxygens (including phenoxy) is 1. The van der Waals surface area contributed by atoms with E-state index in [0.29, 0.717) is 10.0 Å². The van der Waals surface area contributed by atoms with E-state index in [0.717, 1.165) is 0 Å². The van der Waals surface area contributed by atoms with Gasteiger partial charge in [0.05, 0.1) is 6.61 Å². The van der Waals surface area contributed by atoms with Crippen LogP contribution in [0.25, 0.3) is 0 Å². The number of alkyl halides is 4. The summed E-state index contributed by atoms with van der Waals surface area (Å²) in [5.74, 6) is -4.65. The van der Waals surface area contributed by atoms with Gasteiger partial charge in [-0.2, -0.15) is 8.78 Å². The van der Waals surface area contributed by atoms with E-state index in [1.165, 1.54) is 18.2 Å². The number of hydrogen-bond acceptors (Lipinski definition) is 2. The molecule has 20 heavy (non-hydrogen) atoms. The van der Waals surface area contributed by atoms with Crippen molar-refractivity contribution in [2.45, 2.75) is 24.8 Å². The highest BCUT2D eigenvalue weighted by molar-refractivity contribution is 9.10. The highest BCUT2D eigenvalue weighted by atomic mass is 79.9. The van der Waals surface area contributed by atoms with Crippen molar-refractivity contribution >= 4 is 15.9 Å². The second kappa shape index (κ2) is 7.33. The van der Waals surface area contributed by atoms with Crippen molar-refractivity contribution in [2.75, 3.05) is 13.2 Å². The minimum atomic E-state index is -4.20. The van der Waals surface area contributed by atoms with Crippen LogP contribution in [0.15, 0.2) is 22.7 Å². The molecule has 0 aliphatic rings. The summed E-state index contributed by atoms with van der Waals surface area (Å²) in [6.07, 6.45) is -3.62. The molecule has 0 bridgehead atoms. The molecule has 0 aliphatic carbocycles. The van der Waals surface area contributed by atoms with E-state index in [4.69, 9.17) is 5.73 Å². The van der Waals surface area contributed by atoms with Gasteiger partial charge in [-0.1, -0.05) is 15.9 Å². The Kier molecular flexibility index (Phi) is 6.35. The molecule has 0 aromatic heterocycles. The fraction of sp³-hybridized carbons (Fsp3) is 0.500. The molecule has 1 aromatic carbocycles. The Balaban J connectivity index is 2.44. The van der Waals surface area contributed by atoms with Crippen LogP contribution in [0.5, 0.6) is 0 Å². The molecular weight excluding hydrogens is 349 g/mol. The third kappa shape index (κ3) is 5.34. The molecule has 2 nitrogen and oxygen atoms in total. The summed E-state index contributed by atoms with van der Waals surface area (Å²) in [6, 6.07) is 3.28. The quantitative estimate of drug-likeness (QED) is 0.755. The second-order valence-electron chi connectivity index (χ2n) is 4.28. The molecule has 0 saturated heterocycles. The Bertz CT molecular complexity index is 444. The lowest BCUT2D eigenvalue weighted by atomic mass is 10.1. The summed E-state index contributed by atoms with van der Waals surface area (Å²) >= 11 is 3.20. The van der Waals surface area contributed by atoms with Gasteiger partial charge in [-0.05, 0) is 30.2 Å². The summed E-state index contributed by atoms with van der Waals surface area (Å²) < 4.78 is 67.0. The number of hydrogen-bond donors (Lipinski definition) is 1. The van der Waals surface area contributed by atoms with Gasteiger partial charge in [0.2, 0.25) is 0 Å². The van der Waals surface area contributed by atoms with E-state index in [-0.39, 0.29) is 13.0 Å². The van der Waals surface area contributed by atoms with Crippen LogP contribution in [0, 0.1) is 5.82 Å². The molecule has 1 atom stereocenters. The molecule has 0 amide bonds. The first kappa shape index (κ1) is 17.3. The van der Waals surface area contributed by atoms with E-state index in [1.807, 2.05) is 0 Å². The van der Waals surface area contributed by atoms with Crippen LogP contribution in [0.4, 0.5) is 22.0 Å². The van der Waals surface area contributed by atoms with Crippen LogP contribution in [-0.2, 0) is 11.2 Å². The molecule has 0 saturated carbocycles. The fourth-order valence-electron chi connectivity index (χ4n) is 1.45. The maximum Gasteiger partial charge on any atom is 0.330 e. The lowest BCUT2D eigenvalue weighted by Gasteiger charge is -2.18. The average molecular weight is 362 g/mol. The third-order valence-electron chi connectivity index (χ3n) is 2.44. The van der Waals surface area contributed by atoms with Gasteiger partial charge in [0.15, 0.2) is 0 Å². The Morgan fingerprint density at radius 3 is 2.55 bits per heavy atom. The number of nitrogens with two attached hydrogens (primary N) is 1. The lowest BCUT2D eigenvalue weighted by molar-refractivity contribution is -0.166. The molecule has 1 unspecified atom stereocenters. The molecule has 1 rings (SSSR count). The van der Waals surface area contributed by atoms with E-state index in [2.05, 4.69) is 20.7 Å². The molecular formula is C12H13BrF5NO. The van der Waals surface area contributed by atoms with Crippen LogP contribution >= 0.6 is 15.9 Å². The van der Waals surface area contributed by atoms with Crippen LogP contribution < -0.4 is 5.73 Å². The monoisotopic (exact) mass is 361 g/mol. The summed E-state index contributed by atoms with van der Waals surface area (Å²) in [7, 11) is 0. The molecule has 0 fully saturated rings. The summed E-state index contributed by atoms with van der Waals surface area (Å²) in [6.45, 7) is -1.73. The summed E-state index contributed by atoms with van der Waals surface area (Å²) in [4.78, 5) is 0. The number of rotatable bonds is 7. The SMILES string of the molecule is NC(COCC(F)(F)C(F)F)Cc1cc(F)ccc1Br. The zero-order valence-corrected chi connectivity index (χ0v) is 11.8. The van der Waals surface area contributed by atoms with E-state index in [1.54, 1.807) is 0 Å². The van der Waals surface area contributed by atoms with Crippen molar-refractivity contribution in [1.29, 1.82) is 0 Å². The first-order valence-corrected chi connectivity index (χ1v) is 6.45. The predicted molar refractivity (Wildman–Crippen MR) is 67.5 cm³/mol. The van der Waals surface area contributed by atoms with E-state index in [9.17, 15) is 22.0 Å².